The fourth-order valence-corrected chi connectivity index (χ4v) is 3.60. The summed E-state index contributed by atoms with van der Waals surface area (Å²) in [5, 5.41) is 15.3. The third-order valence-electron chi connectivity index (χ3n) is 3.99. The number of nitrogens with zero attached hydrogens (tertiary/aromatic N) is 3. The standard InChI is InChI=1S/C14H22N6O2/c1-13(2)4-10(16-9-21)5-14(3,7-13)8-15-12(22)18-11-6-17-20-19-11/h6,10H,4-5,7-8H2,1-3H3,(H3,15,17,18,19,20,22). The van der Waals surface area contributed by atoms with E-state index in [0.717, 1.165) is 19.3 Å². The lowest BCUT2D eigenvalue weighted by atomic mass is 9.63. The van der Waals surface area contributed by atoms with Gasteiger partial charge in [0.05, 0.1) is 12.2 Å². The quantitative estimate of drug-likeness (QED) is 0.582. The molecular formula is C14H22N6O2. The Morgan fingerprint density at radius 2 is 2.27 bits per heavy atom. The summed E-state index contributed by atoms with van der Waals surface area (Å²) in [6.07, 6.45) is 5.67. The highest BCUT2D eigenvalue weighted by atomic mass is 16.2. The van der Waals surface area contributed by atoms with Crippen molar-refractivity contribution in [2.75, 3.05) is 11.9 Å². The van der Waals surface area contributed by atoms with Gasteiger partial charge in [0.2, 0.25) is 6.08 Å². The van der Waals surface area contributed by atoms with E-state index in [9.17, 15) is 9.59 Å². The molecule has 0 radical (unpaired) electrons. The van der Waals surface area contributed by atoms with E-state index in [0.29, 0.717) is 12.4 Å². The van der Waals surface area contributed by atoms with Crippen molar-refractivity contribution < 1.29 is 9.59 Å². The molecule has 1 heterocycles. The van der Waals surface area contributed by atoms with Gasteiger partial charge in [0.1, 0.15) is 0 Å². The van der Waals surface area contributed by atoms with Crippen LogP contribution in [0, 0.1) is 10.8 Å². The summed E-state index contributed by atoms with van der Waals surface area (Å²) >= 11 is 0. The number of aromatic nitrogens is 3. The van der Waals surface area contributed by atoms with E-state index in [1.54, 1.807) is 6.08 Å². The second-order valence-electron chi connectivity index (χ2n) is 7.10. The Hall–Kier alpha value is -2.21. The Bertz CT molecular complexity index is 564. The summed E-state index contributed by atoms with van der Waals surface area (Å²) in [6.45, 7) is 6.93. The van der Waals surface area contributed by atoms with Crippen LogP contribution in [0.2, 0.25) is 0 Å². The van der Waals surface area contributed by atoms with Gasteiger partial charge in [0, 0.05) is 6.54 Å². The van der Waals surface area contributed by atoms with Crippen LogP contribution in [0.1, 0.15) is 40.0 Å². The molecule has 0 bridgehead atoms. The number of aliphatic imine (C=N–C) groups is 1. The van der Waals surface area contributed by atoms with Crippen LogP contribution in [0.5, 0.6) is 0 Å². The zero-order chi connectivity index (χ0) is 16.2. The minimum atomic E-state index is -0.325. The molecule has 8 heteroatoms. The summed E-state index contributed by atoms with van der Waals surface area (Å²) < 4.78 is 0. The van der Waals surface area contributed by atoms with Gasteiger partial charge in [-0.25, -0.2) is 14.6 Å². The molecule has 8 nitrogen and oxygen atoms in total. The van der Waals surface area contributed by atoms with Crippen LogP contribution in [-0.4, -0.2) is 40.1 Å². The third kappa shape index (κ3) is 4.39. The lowest BCUT2D eigenvalue weighted by molar-refractivity contribution is 0.0855. The van der Waals surface area contributed by atoms with E-state index in [1.165, 1.54) is 6.20 Å². The van der Waals surface area contributed by atoms with Crippen LogP contribution >= 0.6 is 0 Å². The number of hydrogen-bond donors (Lipinski definition) is 3. The molecule has 1 aromatic heterocycles. The fraction of sp³-hybridized carbons (Fsp3) is 0.714. The Balaban J connectivity index is 1.94. The first-order valence-electron chi connectivity index (χ1n) is 7.30. The smallest absolute Gasteiger partial charge is 0.320 e. The van der Waals surface area contributed by atoms with Crippen LogP contribution in [0.4, 0.5) is 10.6 Å². The summed E-state index contributed by atoms with van der Waals surface area (Å²) in [6, 6.07) is -0.361. The van der Waals surface area contributed by atoms with Crippen molar-refractivity contribution in [1.82, 2.24) is 20.7 Å². The van der Waals surface area contributed by atoms with Crippen LogP contribution in [0.3, 0.4) is 0 Å². The predicted octanol–water partition coefficient (Wildman–Crippen LogP) is 1.85. The van der Waals surface area contributed by atoms with E-state index in [2.05, 4.69) is 51.8 Å². The number of carbonyl (C=O) groups is 1. The van der Waals surface area contributed by atoms with E-state index in [-0.39, 0.29) is 22.9 Å². The highest BCUT2D eigenvalue weighted by molar-refractivity contribution is 5.87. The zero-order valence-corrected chi connectivity index (χ0v) is 13.1. The first-order chi connectivity index (χ1) is 10.3. The number of hydrogen-bond acceptors (Lipinski definition) is 5. The number of amides is 2. The normalized spacial score (nSPS) is 26.8. The Labute approximate surface area is 129 Å². The SMILES string of the molecule is CC1(C)CC(N=C=O)CC(C)(CNC(=O)Nc2cn[nH]n2)C1. The van der Waals surface area contributed by atoms with Crippen LogP contribution < -0.4 is 10.6 Å². The van der Waals surface area contributed by atoms with Gasteiger partial charge in [-0.1, -0.05) is 20.8 Å². The molecule has 0 spiro atoms. The Kier molecular flexibility index (Phi) is 4.61. The van der Waals surface area contributed by atoms with Crippen molar-refractivity contribution in [2.24, 2.45) is 15.8 Å². The molecule has 2 unspecified atom stereocenters. The zero-order valence-electron chi connectivity index (χ0n) is 13.1. The van der Waals surface area contributed by atoms with E-state index >= 15 is 0 Å². The minimum Gasteiger partial charge on any atom is -0.337 e. The minimum absolute atomic E-state index is 0.0355. The topological polar surface area (TPSA) is 112 Å². The van der Waals surface area contributed by atoms with Gasteiger partial charge in [-0.05, 0) is 30.1 Å². The maximum absolute atomic E-state index is 11.9. The predicted molar refractivity (Wildman–Crippen MR) is 81.1 cm³/mol. The number of H-pyrrole nitrogens is 1. The van der Waals surface area contributed by atoms with E-state index < -0.39 is 0 Å². The van der Waals surface area contributed by atoms with Crippen molar-refractivity contribution in [2.45, 2.75) is 46.1 Å². The van der Waals surface area contributed by atoms with Crippen LogP contribution in [0.25, 0.3) is 0 Å². The third-order valence-corrected chi connectivity index (χ3v) is 3.99. The number of carbonyl (C=O) groups excluding carboxylic acids is 2. The maximum Gasteiger partial charge on any atom is 0.320 e. The number of urea groups is 1. The van der Waals surface area contributed by atoms with E-state index in [4.69, 9.17) is 0 Å². The van der Waals surface area contributed by atoms with Gasteiger partial charge in [0.15, 0.2) is 5.82 Å². The average molecular weight is 306 g/mol. The second kappa shape index (κ2) is 6.27. The van der Waals surface area contributed by atoms with Crippen molar-refractivity contribution in [3.05, 3.63) is 6.20 Å². The molecule has 1 saturated carbocycles. The van der Waals surface area contributed by atoms with Crippen molar-refractivity contribution in [1.29, 1.82) is 0 Å². The van der Waals surface area contributed by atoms with Gasteiger partial charge in [-0.3, -0.25) is 5.32 Å². The highest BCUT2D eigenvalue weighted by Gasteiger charge is 2.41. The van der Waals surface area contributed by atoms with Crippen molar-refractivity contribution >= 4 is 17.9 Å². The summed E-state index contributed by atoms with van der Waals surface area (Å²) in [5.41, 5.74) is -0.0454. The lowest BCUT2D eigenvalue weighted by Gasteiger charge is -2.45. The van der Waals surface area contributed by atoms with Crippen molar-refractivity contribution in [3.63, 3.8) is 0 Å². The molecule has 1 fully saturated rings. The van der Waals surface area contributed by atoms with Gasteiger partial charge in [-0.2, -0.15) is 10.3 Å². The molecule has 22 heavy (non-hydrogen) atoms. The Morgan fingerprint density at radius 1 is 1.50 bits per heavy atom. The lowest BCUT2D eigenvalue weighted by Crippen LogP contribution is -2.45. The molecule has 0 saturated heterocycles. The fourth-order valence-electron chi connectivity index (χ4n) is 3.60. The van der Waals surface area contributed by atoms with Crippen molar-refractivity contribution in [3.8, 4) is 0 Å². The number of aromatic amines is 1. The van der Waals surface area contributed by atoms with Crippen LogP contribution in [-0.2, 0) is 4.79 Å². The van der Waals surface area contributed by atoms with E-state index in [1.807, 2.05) is 0 Å². The first-order valence-corrected chi connectivity index (χ1v) is 7.30. The molecular weight excluding hydrogens is 284 g/mol. The summed E-state index contributed by atoms with van der Waals surface area (Å²) in [7, 11) is 0. The largest absolute Gasteiger partial charge is 0.337 e. The molecule has 1 aliphatic carbocycles. The highest BCUT2D eigenvalue weighted by Crippen LogP contribution is 2.46. The number of isocyanates is 1. The van der Waals surface area contributed by atoms with Gasteiger partial charge in [-0.15, -0.1) is 5.10 Å². The molecule has 120 valence electrons. The van der Waals surface area contributed by atoms with Crippen LogP contribution in [0.15, 0.2) is 11.2 Å². The maximum atomic E-state index is 11.9. The number of anilines is 1. The second-order valence-corrected chi connectivity index (χ2v) is 7.10. The average Bonchev–Trinajstić information content (AvgIpc) is 2.87. The molecule has 0 aromatic carbocycles. The molecule has 1 aliphatic rings. The van der Waals surface area contributed by atoms with Gasteiger partial charge >= 0.3 is 6.03 Å². The molecule has 2 atom stereocenters. The first kappa shape index (κ1) is 16.2. The summed E-state index contributed by atoms with van der Waals surface area (Å²) in [4.78, 5) is 26.3. The molecule has 2 amide bonds. The molecule has 3 N–H and O–H groups in total. The molecule has 2 rings (SSSR count). The van der Waals surface area contributed by atoms with Gasteiger partial charge < -0.3 is 5.32 Å². The molecule has 1 aromatic rings. The monoisotopic (exact) mass is 306 g/mol. The number of nitrogens with one attached hydrogen (secondary N) is 3. The Morgan fingerprint density at radius 3 is 2.91 bits per heavy atom. The van der Waals surface area contributed by atoms with Gasteiger partial charge in [0.25, 0.3) is 0 Å². The number of rotatable bonds is 4. The molecule has 0 aliphatic heterocycles. The summed E-state index contributed by atoms with van der Waals surface area (Å²) in [5.74, 6) is 0.370.